The average molecular weight is 394 g/mol. The summed E-state index contributed by atoms with van der Waals surface area (Å²) < 4.78 is 18.6. The quantitative estimate of drug-likeness (QED) is 0.719. The van der Waals surface area contributed by atoms with E-state index in [1.54, 1.807) is 18.2 Å². The summed E-state index contributed by atoms with van der Waals surface area (Å²) >= 11 is 0. The Bertz CT molecular complexity index is 961. The van der Waals surface area contributed by atoms with Crippen LogP contribution in [0.25, 0.3) is 11.3 Å². The number of halogens is 1. The summed E-state index contributed by atoms with van der Waals surface area (Å²) in [4.78, 5) is 16.8. The van der Waals surface area contributed by atoms with Gasteiger partial charge in [-0.3, -0.25) is 9.89 Å². The second-order valence-electron chi connectivity index (χ2n) is 6.88. The molecular weight excluding hydrogens is 371 g/mol. The molecule has 3 aromatic rings. The molecule has 4 rings (SSSR count). The number of H-pyrrole nitrogens is 1. The molecule has 0 spiro atoms. The first kappa shape index (κ1) is 19.0. The highest BCUT2D eigenvalue weighted by atomic mass is 19.1. The summed E-state index contributed by atoms with van der Waals surface area (Å²) in [5.74, 6) is 0.501. The van der Waals surface area contributed by atoms with Crippen LogP contribution < -0.4 is 9.64 Å². The van der Waals surface area contributed by atoms with Gasteiger partial charge in [-0.1, -0.05) is 0 Å². The standard InChI is InChI=1S/C22H23FN4O2/c1-2-29-19-9-3-16(4-10-19)20-15-21(25-24-20)22(28)27-13-11-26(12-14-27)18-7-5-17(23)6-8-18/h3-10,15H,2,11-14H2,1H3,(H,24,25). The summed E-state index contributed by atoms with van der Waals surface area (Å²) in [6, 6.07) is 15.9. The molecule has 150 valence electrons. The number of carbonyl (C=O) groups excluding carboxylic acids is 1. The number of nitrogens with one attached hydrogen (secondary N) is 1. The Kier molecular flexibility index (Phi) is 5.46. The molecular formula is C22H23FN4O2. The van der Waals surface area contributed by atoms with Crippen molar-refractivity contribution in [1.82, 2.24) is 15.1 Å². The van der Waals surface area contributed by atoms with E-state index in [1.165, 1.54) is 12.1 Å². The molecule has 2 heterocycles. The number of piperazine rings is 1. The molecule has 6 nitrogen and oxygen atoms in total. The fraction of sp³-hybridized carbons (Fsp3) is 0.273. The predicted octanol–water partition coefficient (Wildman–Crippen LogP) is 3.58. The van der Waals surface area contributed by atoms with Gasteiger partial charge in [-0.15, -0.1) is 0 Å². The van der Waals surface area contributed by atoms with Gasteiger partial charge in [0.1, 0.15) is 17.3 Å². The van der Waals surface area contributed by atoms with E-state index in [2.05, 4.69) is 15.1 Å². The third-order valence-corrected chi connectivity index (χ3v) is 5.03. The van der Waals surface area contributed by atoms with Crippen molar-refractivity contribution in [3.8, 4) is 17.0 Å². The number of rotatable bonds is 5. The van der Waals surface area contributed by atoms with Crippen molar-refractivity contribution in [3.05, 3.63) is 66.1 Å². The van der Waals surface area contributed by atoms with E-state index < -0.39 is 0 Å². The van der Waals surface area contributed by atoms with Crippen LogP contribution in [0.4, 0.5) is 10.1 Å². The van der Waals surface area contributed by atoms with Crippen LogP contribution in [0.2, 0.25) is 0 Å². The average Bonchev–Trinajstić information content (AvgIpc) is 3.25. The van der Waals surface area contributed by atoms with Crippen molar-refractivity contribution in [2.75, 3.05) is 37.7 Å². The smallest absolute Gasteiger partial charge is 0.272 e. The Labute approximate surface area is 168 Å². The number of nitrogens with zero attached hydrogens (tertiary/aromatic N) is 3. The molecule has 1 aromatic heterocycles. The Morgan fingerprint density at radius 3 is 2.41 bits per heavy atom. The zero-order valence-electron chi connectivity index (χ0n) is 16.3. The van der Waals surface area contributed by atoms with E-state index >= 15 is 0 Å². The van der Waals surface area contributed by atoms with Crippen LogP contribution in [0.15, 0.2) is 54.6 Å². The summed E-state index contributed by atoms with van der Waals surface area (Å²) in [6.07, 6.45) is 0. The third kappa shape index (κ3) is 4.23. The van der Waals surface area contributed by atoms with Gasteiger partial charge in [0.15, 0.2) is 0 Å². The minimum absolute atomic E-state index is 0.0616. The number of aromatic amines is 1. The molecule has 0 aliphatic carbocycles. The maximum atomic E-state index is 13.1. The largest absolute Gasteiger partial charge is 0.494 e. The second-order valence-corrected chi connectivity index (χ2v) is 6.88. The molecule has 0 unspecified atom stereocenters. The van der Waals surface area contributed by atoms with Crippen LogP contribution >= 0.6 is 0 Å². The van der Waals surface area contributed by atoms with Crippen molar-refractivity contribution in [2.45, 2.75) is 6.92 Å². The molecule has 1 aliphatic heterocycles. The fourth-order valence-corrected chi connectivity index (χ4v) is 3.46. The summed E-state index contributed by atoms with van der Waals surface area (Å²) in [7, 11) is 0. The molecule has 1 N–H and O–H groups in total. The zero-order chi connectivity index (χ0) is 20.2. The van der Waals surface area contributed by atoms with Gasteiger partial charge in [-0.05, 0) is 61.5 Å². The first-order valence-corrected chi connectivity index (χ1v) is 9.72. The lowest BCUT2D eigenvalue weighted by atomic mass is 10.1. The van der Waals surface area contributed by atoms with Gasteiger partial charge < -0.3 is 14.5 Å². The number of ether oxygens (including phenoxy) is 1. The van der Waals surface area contributed by atoms with Crippen molar-refractivity contribution in [3.63, 3.8) is 0 Å². The lowest BCUT2D eigenvalue weighted by molar-refractivity contribution is 0.0741. The van der Waals surface area contributed by atoms with Gasteiger partial charge in [-0.2, -0.15) is 5.10 Å². The van der Waals surface area contributed by atoms with Gasteiger partial charge in [0.05, 0.1) is 12.3 Å². The van der Waals surface area contributed by atoms with Crippen molar-refractivity contribution >= 4 is 11.6 Å². The Morgan fingerprint density at radius 1 is 1.07 bits per heavy atom. The van der Waals surface area contributed by atoms with Crippen LogP contribution in [0.5, 0.6) is 5.75 Å². The number of amides is 1. The molecule has 7 heteroatoms. The number of anilines is 1. The Balaban J connectivity index is 1.38. The summed E-state index contributed by atoms with van der Waals surface area (Å²) in [5.41, 5.74) is 3.09. The number of hydrogen-bond acceptors (Lipinski definition) is 4. The SMILES string of the molecule is CCOc1ccc(-c2cc(C(=O)N3CCN(c4ccc(F)cc4)CC3)[nH]n2)cc1. The molecule has 0 saturated carbocycles. The fourth-order valence-electron chi connectivity index (χ4n) is 3.46. The highest BCUT2D eigenvalue weighted by molar-refractivity contribution is 5.93. The second kappa shape index (κ2) is 8.34. The minimum atomic E-state index is -0.245. The van der Waals surface area contributed by atoms with Crippen molar-refractivity contribution in [1.29, 1.82) is 0 Å². The minimum Gasteiger partial charge on any atom is -0.494 e. The number of carbonyl (C=O) groups is 1. The van der Waals surface area contributed by atoms with Gasteiger partial charge in [0.25, 0.3) is 5.91 Å². The predicted molar refractivity (Wildman–Crippen MR) is 110 cm³/mol. The van der Waals surface area contributed by atoms with Crippen molar-refractivity contribution in [2.24, 2.45) is 0 Å². The van der Waals surface area contributed by atoms with Crippen LogP contribution in [0.1, 0.15) is 17.4 Å². The van der Waals surface area contributed by atoms with E-state index in [0.29, 0.717) is 38.5 Å². The van der Waals surface area contributed by atoms with Gasteiger partial charge in [-0.25, -0.2) is 4.39 Å². The number of benzene rings is 2. The Hall–Kier alpha value is -3.35. The maximum absolute atomic E-state index is 13.1. The first-order valence-electron chi connectivity index (χ1n) is 9.72. The van der Waals surface area contributed by atoms with Crippen LogP contribution in [-0.4, -0.2) is 53.8 Å². The van der Waals surface area contributed by atoms with E-state index in [9.17, 15) is 9.18 Å². The zero-order valence-corrected chi connectivity index (χ0v) is 16.3. The van der Waals surface area contributed by atoms with Crippen LogP contribution in [-0.2, 0) is 0 Å². The third-order valence-electron chi connectivity index (χ3n) is 5.03. The molecule has 0 radical (unpaired) electrons. The molecule has 2 aromatic carbocycles. The topological polar surface area (TPSA) is 61.5 Å². The van der Waals surface area contributed by atoms with Gasteiger partial charge in [0.2, 0.25) is 0 Å². The lowest BCUT2D eigenvalue weighted by Crippen LogP contribution is -2.48. The van der Waals surface area contributed by atoms with E-state index in [1.807, 2.05) is 36.1 Å². The lowest BCUT2D eigenvalue weighted by Gasteiger charge is -2.35. The summed E-state index contributed by atoms with van der Waals surface area (Å²) in [6.45, 7) is 5.18. The normalized spacial score (nSPS) is 14.1. The van der Waals surface area contributed by atoms with E-state index in [0.717, 1.165) is 22.7 Å². The molecule has 1 fully saturated rings. The Morgan fingerprint density at radius 2 is 1.76 bits per heavy atom. The number of aromatic nitrogens is 2. The first-order chi connectivity index (χ1) is 14.1. The molecule has 1 amide bonds. The van der Waals surface area contributed by atoms with Gasteiger partial charge >= 0.3 is 0 Å². The monoisotopic (exact) mass is 394 g/mol. The number of hydrogen-bond donors (Lipinski definition) is 1. The van der Waals surface area contributed by atoms with E-state index in [4.69, 9.17) is 4.74 Å². The van der Waals surface area contributed by atoms with Crippen LogP contribution in [0.3, 0.4) is 0 Å². The van der Waals surface area contributed by atoms with Crippen molar-refractivity contribution < 1.29 is 13.9 Å². The molecule has 0 atom stereocenters. The highest BCUT2D eigenvalue weighted by Crippen LogP contribution is 2.22. The molecule has 0 bridgehead atoms. The molecule has 1 saturated heterocycles. The van der Waals surface area contributed by atoms with E-state index in [-0.39, 0.29) is 11.7 Å². The maximum Gasteiger partial charge on any atom is 0.272 e. The van der Waals surface area contributed by atoms with Crippen LogP contribution in [0, 0.1) is 5.82 Å². The van der Waals surface area contributed by atoms with Gasteiger partial charge in [0, 0.05) is 37.4 Å². The highest BCUT2D eigenvalue weighted by Gasteiger charge is 2.24. The summed E-state index contributed by atoms with van der Waals surface area (Å²) in [5, 5.41) is 7.15. The molecule has 29 heavy (non-hydrogen) atoms. The molecule has 1 aliphatic rings.